The zero-order valence-corrected chi connectivity index (χ0v) is 38.5. The molecule has 0 aliphatic carbocycles. The summed E-state index contributed by atoms with van der Waals surface area (Å²) in [5.41, 5.74) is 6.44. The number of aryl methyl sites for hydroxylation is 1. The predicted octanol–water partition coefficient (Wildman–Crippen LogP) is 5.92. The van der Waals surface area contributed by atoms with E-state index in [1.165, 1.54) is 11.3 Å². The van der Waals surface area contributed by atoms with Crippen LogP contribution in [0.2, 0.25) is 5.02 Å². The molecule has 5 heterocycles. The van der Waals surface area contributed by atoms with Crippen molar-refractivity contribution in [2.24, 2.45) is 0 Å². The van der Waals surface area contributed by atoms with Gasteiger partial charge in [-0.25, -0.2) is 4.98 Å². The van der Waals surface area contributed by atoms with Crippen molar-refractivity contribution in [2.75, 3.05) is 100 Å². The van der Waals surface area contributed by atoms with Crippen molar-refractivity contribution < 1.29 is 23.7 Å². The van der Waals surface area contributed by atoms with Gasteiger partial charge in [-0.1, -0.05) is 36.7 Å². The van der Waals surface area contributed by atoms with Gasteiger partial charge >= 0.3 is 0 Å². The average molecular weight is 897 g/mol. The zero-order chi connectivity index (χ0) is 44.4. The molecule has 4 aliphatic heterocycles. The van der Waals surface area contributed by atoms with Crippen molar-refractivity contribution in [1.82, 2.24) is 30.0 Å². The molecule has 0 bridgehead atoms. The van der Waals surface area contributed by atoms with Gasteiger partial charge in [0, 0.05) is 112 Å². The number of ether oxygens (including phenoxy) is 1. The summed E-state index contributed by atoms with van der Waals surface area (Å²) < 4.78 is 18.9. The van der Waals surface area contributed by atoms with Crippen molar-refractivity contribution in [3.63, 3.8) is 0 Å². The van der Waals surface area contributed by atoms with Crippen LogP contribution in [0, 0.1) is 0 Å². The number of hydrogen-bond donors (Lipinski definition) is 3. The van der Waals surface area contributed by atoms with Gasteiger partial charge < -0.3 is 34.6 Å². The molecule has 3 amide bonds. The minimum absolute atomic E-state index is 0.145. The SMILES string of the molecule is CCc1cc(Nc2ncc(Cl)c(Nc3ccccc3P(C)(C)=O)n2)c(OC)cc1N1CCC(N2CCN(CCN(C)c3cccc4c3CN(C3CCC(=O)NC3=O)C4=O)CC2)CC1. The number of amides is 3. The zero-order valence-electron chi connectivity index (χ0n) is 36.8. The van der Waals surface area contributed by atoms with E-state index < -0.39 is 13.2 Å². The molecule has 0 radical (unpaired) electrons. The minimum Gasteiger partial charge on any atom is -0.494 e. The highest BCUT2D eigenvalue weighted by Crippen LogP contribution is 2.40. The number of para-hydroxylation sites is 1. The summed E-state index contributed by atoms with van der Waals surface area (Å²) in [6.07, 6.45) is 5.17. The lowest BCUT2D eigenvalue weighted by Crippen LogP contribution is -2.54. The number of carbonyl (C=O) groups is 3. The summed E-state index contributed by atoms with van der Waals surface area (Å²) in [7, 11) is 1.19. The molecule has 3 N–H and O–H groups in total. The number of carbonyl (C=O) groups excluding carboxylic acids is 3. The number of methoxy groups -OCH3 is 1. The maximum atomic E-state index is 13.4. The van der Waals surface area contributed by atoms with Gasteiger partial charge in [-0.15, -0.1) is 0 Å². The number of piperazine rings is 1. The molecule has 1 atom stereocenters. The molecule has 15 nitrogen and oxygen atoms in total. The van der Waals surface area contributed by atoms with E-state index in [1.807, 2.05) is 36.4 Å². The van der Waals surface area contributed by atoms with Crippen LogP contribution in [-0.2, 0) is 27.1 Å². The van der Waals surface area contributed by atoms with Gasteiger partial charge in [0.2, 0.25) is 17.8 Å². The summed E-state index contributed by atoms with van der Waals surface area (Å²) in [6, 6.07) is 17.5. The standard InChI is InChI=1S/C46H58ClN10O5P/c1-6-30-26-36(50-46-48-28-34(47)43(52-46)49-35-11-7-8-13-41(35)63(4,5)61)40(62-3)27-39(30)56-18-16-31(17-19-56)55-24-22-54(23-25-55)21-20-53(2)37-12-9-10-32-33(37)29-57(45(32)60)38-14-15-42(58)51-44(38)59/h7-13,26-28,31,38H,6,14-25,29H2,1-5H3,(H,51,58,59)(H2,48,49,50,52). The number of halogens is 1. The van der Waals surface area contributed by atoms with Crippen LogP contribution >= 0.6 is 18.7 Å². The molecule has 3 aromatic carbocycles. The third-order valence-electron chi connectivity index (χ3n) is 13.0. The Morgan fingerprint density at radius 3 is 2.43 bits per heavy atom. The maximum absolute atomic E-state index is 13.4. The summed E-state index contributed by atoms with van der Waals surface area (Å²) in [4.78, 5) is 58.4. The number of piperidine rings is 2. The fourth-order valence-corrected chi connectivity index (χ4v) is 10.7. The first-order valence-electron chi connectivity index (χ1n) is 21.9. The van der Waals surface area contributed by atoms with Gasteiger partial charge in [0.25, 0.3) is 5.91 Å². The first-order chi connectivity index (χ1) is 30.3. The number of nitrogens with zero attached hydrogens (tertiary/aromatic N) is 7. The number of rotatable bonds is 14. The molecule has 4 aliphatic rings. The fourth-order valence-electron chi connectivity index (χ4n) is 9.43. The number of benzene rings is 3. The Morgan fingerprint density at radius 2 is 1.71 bits per heavy atom. The molecular weight excluding hydrogens is 839 g/mol. The number of anilines is 6. The highest BCUT2D eigenvalue weighted by molar-refractivity contribution is 7.70. The Balaban J connectivity index is 0.837. The monoisotopic (exact) mass is 896 g/mol. The summed E-state index contributed by atoms with van der Waals surface area (Å²) in [5.74, 6) is 0.644. The van der Waals surface area contributed by atoms with Crippen molar-refractivity contribution in [3.05, 3.63) is 82.5 Å². The predicted molar refractivity (Wildman–Crippen MR) is 251 cm³/mol. The Kier molecular flexibility index (Phi) is 13.3. The summed E-state index contributed by atoms with van der Waals surface area (Å²) >= 11 is 6.54. The third-order valence-corrected chi connectivity index (χ3v) is 14.8. The van der Waals surface area contributed by atoms with Gasteiger partial charge in [0.05, 0.1) is 24.7 Å². The van der Waals surface area contributed by atoms with E-state index in [0.717, 1.165) is 93.9 Å². The van der Waals surface area contributed by atoms with E-state index in [4.69, 9.17) is 16.3 Å². The van der Waals surface area contributed by atoms with Gasteiger partial charge in [-0.3, -0.25) is 29.5 Å². The Bertz CT molecular complexity index is 2410. The van der Waals surface area contributed by atoms with Crippen LogP contribution in [0.1, 0.15) is 54.1 Å². The van der Waals surface area contributed by atoms with Crippen LogP contribution in [0.5, 0.6) is 5.75 Å². The first-order valence-corrected chi connectivity index (χ1v) is 24.9. The number of fused-ring (bicyclic) bond motifs is 1. The highest BCUT2D eigenvalue weighted by atomic mass is 35.5. The van der Waals surface area contributed by atoms with Crippen LogP contribution in [0.25, 0.3) is 0 Å². The maximum Gasteiger partial charge on any atom is 0.255 e. The smallest absolute Gasteiger partial charge is 0.255 e. The number of likely N-dealkylation sites (N-methyl/N-ethyl adjacent to an activating group) is 1. The Morgan fingerprint density at radius 1 is 0.952 bits per heavy atom. The van der Waals surface area contributed by atoms with Gasteiger partial charge in [-0.05, 0) is 74.9 Å². The number of hydrogen-bond acceptors (Lipinski definition) is 13. The van der Waals surface area contributed by atoms with E-state index in [2.05, 4.69) is 77.7 Å². The first kappa shape index (κ1) is 44.4. The van der Waals surface area contributed by atoms with Crippen molar-refractivity contribution in [2.45, 2.75) is 57.7 Å². The quantitative estimate of drug-likeness (QED) is 0.101. The van der Waals surface area contributed by atoms with Crippen LogP contribution in [-0.4, -0.2) is 134 Å². The second-order valence-electron chi connectivity index (χ2n) is 17.3. The van der Waals surface area contributed by atoms with Crippen molar-refractivity contribution in [1.29, 1.82) is 0 Å². The van der Waals surface area contributed by atoms with E-state index in [9.17, 15) is 18.9 Å². The summed E-state index contributed by atoms with van der Waals surface area (Å²) in [5, 5.41) is 10.1. The van der Waals surface area contributed by atoms with Crippen LogP contribution in [0.15, 0.2) is 60.8 Å². The average Bonchev–Trinajstić information content (AvgIpc) is 3.62. The molecule has 4 aromatic rings. The largest absolute Gasteiger partial charge is 0.494 e. The Labute approximate surface area is 374 Å². The second kappa shape index (κ2) is 18.9. The molecule has 17 heteroatoms. The van der Waals surface area contributed by atoms with Gasteiger partial charge in [0.1, 0.15) is 24.0 Å². The number of nitrogens with one attached hydrogen (secondary N) is 3. The van der Waals surface area contributed by atoms with Gasteiger partial charge in [-0.2, -0.15) is 4.98 Å². The van der Waals surface area contributed by atoms with Crippen LogP contribution in [0.4, 0.5) is 34.5 Å². The lowest BCUT2D eigenvalue weighted by Gasteiger charge is -2.44. The third kappa shape index (κ3) is 9.67. The lowest BCUT2D eigenvalue weighted by molar-refractivity contribution is -0.136. The number of imide groups is 1. The molecule has 63 heavy (non-hydrogen) atoms. The lowest BCUT2D eigenvalue weighted by atomic mass is 9.99. The minimum atomic E-state index is -2.56. The van der Waals surface area contributed by atoms with E-state index >= 15 is 0 Å². The van der Waals surface area contributed by atoms with Crippen molar-refractivity contribution in [3.8, 4) is 5.75 Å². The highest BCUT2D eigenvalue weighted by Gasteiger charge is 2.40. The normalized spacial score (nSPS) is 19.0. The Hall–Kier alpha value is -5.21. The molecule has 3 fully saturated rings. The molecule has 1 unspecified atom stereocenters. The number of aromatic nitrogens is 2. The van der Waals surface area contributed by atoms with Crippen molar-refractivity contribution >= 4 is 76.3 Å². The molecular formula is C46H58ClN10O5P. The molecule has 0 saturated carbocycles. The fraction of sp³-hybridized carbons (Fsp3) is 0.457. The van der Waals surface area contributed by atoms with Crippen LogP contribution in [0.3, 0.4) is 0 Å². The van der Waals surface area contributed by atoms with E-state index in [0.29, 0.717) is 52.8 Å². The topological polar surface area (TPSA) is 156 Å². The molecule has 3 saturated heterocycles. The molecule has 334 valence electrons. The van der Waals surface area contributed by atoms with E-state index in [-0.39, 0.29) is 24.1 Å². The van der Waals surface area contributed by atoms with E-state index in [1.54, 1.807) is 31.5 Å². The van der Waals surface area contributed by atoms with Crippen LogP contribution < -0.4 is 35.8 Å². The molecule has 0 spiro atoms. The summed E-state index contributed by atoms with van der Waals surface area (Å²) in [6.45, 7) is 13.8. The molecule has 8 rings (SSSR count). The van der Waals surface area contributed by atoms with Gasteiger partial charge in [0.15, 0.2) is 5.82 Å². The second-order valence-corrected chi connectivity index (χ2v) is 20.9. The molecule has 1 aromatic heterocycles.